The van der Waals surface area contributed by atoms with Gasteiger partial charge in [-0.15, -0.1) is 10.2 Å². The molecule has 2 aliphatic rings. The zero-order valence-electron chi connectivity index (χ0n) is 21.2. The van der Waals surface area contributed by atoms with Gasteiger partial charge in [0.2, 0.25) is 5.78 Å². The predicted octanol–water partition coefficient (Wildman–Crippen LogP) is 5.27. The Morgan fingerprint density at radius 3 is 2.57 bits per heavy atom. The molecule has 1 saturated carbocycles. The fourth-order valence-electron chi connectivity index (χ4n) is 6.11. The lowest BCUT2D eigenvalue weighted by Gasteiger charge is -2.42. The molecule has 1 spiro atoms. The Kier molecular flexibility index (Phi) is 6.15. The molecule has 6 rings (SSSR count). The topological polar surface area (TPSA) is 78.5 Å². The van der Waals surface area contributed by atoms with Crippen molar-refractivity contribution < 1.29 is 9.53 Å². The van der Waals surface area contributed by atoms with Crippen LogP contribution in [0.15, 0.2) is 58.5 Å². The Hall–Kier alpha value is -3.39. The van der Waals surface area contributed by atoms with Crippen molar-refractivity contribution in [3.8, 4) is 16.9 Å². The van der Waals surface area contributed by atoms with Crippen molar-refractivity contribution in [2.75, 3.05) is 12.4 Å². The van der Waals surface area contributed by atoms with Gasteiger partial charge >= 0.3 is 5.97 Å². The second-order valence-corrected chi connectivity index (χ2v) is 11.0. The van der Waals surface area contributed by atoms with E-state index in [1.54, 1.807) is 11.5 Å². The van der Waals surface area contributed by atoms with E-state index in [9.17, 15) is 9.59 Å². The number of ether oxygens (including phenoxy) is 1. The molecule has 2 aromatic heterocycles. The minimum Gasteiger partial charge on any atom is -0.465 e. The van der Waals surface area contributed by atoms with E-state index in [4.69, 9.17) is 4.74 Å². The van der Waals surface area contributed by atoms with Gasteiger partial charge < -0.3 is 4.74 Å². The number of benzene rings is 2. The van der Waals surface area contributed by atoms with Crippen molar-refractivity contribution in [1.29, 1.82) is 0 Å². The number of fused-ring (bicyclic) bond motifs is 6. The zero-order valence-corrected chi connectivity index (χ0v) is 22.0. The van der Waals surface area contributed by atoms with E-state index in [0.29, 0.717) is 17.5 Å². The van der Waals surface area contributed by atoms with E-state index in [-0.39, 0.29) is 22.7 Å². The van der Waals surface area contributed by atoms with E-state index in [2.05, 4.69) is 28.4 Å². The molecule has 8 heteroatoms. The molecule has 37 heavy (non-hydrogen) atoms. The van der Waals surface area contributed by atoms with Gasteiger partial charge in [-0.25, -0.2) is 4.57 Å². The van der Waals surface area contributed by atoms with E-state index in [0.717, 1.165) is 60.2 Å². The molecule has 2 aromatic carbocycles. The van der Waals surface area contributed by atoms with Crippen molar-refractivity contribution >= 4 is 23.5 Å². The summed E-state index contributed by atoms with van der Waals surface area (Å²) in [6.45, 7) is 4.16. The summed E-state index contributed by atoms with van der Waals surface area (Å²) in [5.74, 6) is 0.288. The van der Waals surface area contributed by atoms with Crippen LogP contribution in [0, 0.1) is 6.92 Å². The SMILES string of the molecule is CCOC(=O)CSc1nnc2n(-c3ccc(C)cc3)c(=O)c3c(n12)-c1ccccc1CC31CCCCC1. The fourth-order valence-corrected chi connectivity index (χ4v) is 6.84. The van der Waals surface area contributed by atoms with Crippen LogP contribution in [0.3, 0.4) is 0 Å². The van der Waals surface area contributed by atoms with Gasteiger partial charge in [-0.1, -0.05) is 73.0 Å². The van der Waals surface area contributed by atoms with Gasteiger partial charge in [-0.3, -0.25) is 14.0 Å². The smallest absolute Gasteiger partial charge is 0.316 e. The average molecular weight is 515 g/mol. The highest BCUT2D eigenvalue weighted by Gasteiger charge is 2.44. The molecule has 2 heterocycles. The van der Waals surface area contributed by atoms with Crippen LogP contribution in [0.25, 0.3) is 22.7 Å². The highest BCUT2D eigenvalue weighted by atomic mass is 32.2. The second-order valence-electron chi connectivity index (χ2n) is 10.1. The fraction of sp³-hybridized carbons (Fsp3) is 0.379. The molecule has 0 radical (unpaired) electrons. The van der Waals surface area contributed by atoms with Crippen LogP contribution in [0.5, 0.6) is 0 Å². The quantitative estimate of drug-likeness (QED) is 0.267. The van der Waals surface area contributed by atoms with Crippen LogP contribution >= 0.6 is 11.8 Å². The number of hydrogen-bond acceptors (Lipinski definition) is 6. The van der Waals surface area contributed by atoms with Crippen LogP contribution in [0.2, 0.25) is 0 Å². The molecule has 0 aliphatic heterocycles. The van der Waals surface area contributed by atoms with Gasteiger partial charge in [0.25, 0.3) is 5.56 Å². The molecule has 0 amide bonds. The molecule has 0 N–H and O–H groups in total. The Labute approximate surface area is 219 Å². The number of aromatic nitrogens is 4. The Morgan fingerprint density at radius 1 is 1.05 bits per heavy atom. The maximum atomic E-state index is 14.6. The lowest BCUT2D eigenvalue weighted by Crippen LogP contribution is -2.43. The van der Waals surface area contributed by atoms with Gasteiger partial charge in [-0.05, 0) is 50.8 Å². The van der Waals surface area contributed by atoms with Crippen LogP contribution in [0.4, 0.5) is 0 Å². The number of carbonyl (C=O) groups excluding carboxylic acids is 1. The van der Waals surface area contributed by atoms with Crippen molar-refractivity contribution in [2.45, 2.75) is 62.9 Å². The second kappa shape index (κ2) is 9.49. The average Bonchev–Trinajstić information content (AvgIpc) is 3.32. The first-order chi connectivity index (χ1) is 18.0. The highest BCUT2D eigenvalue weighted by Crippen LogP contribution is 2.49. The summed E-state index contributed by atoms with van der Waals surface area (Å²) in [5, 5.41) is 9.60. The molecule has 1 fully saturated rings. The van der Waals surface area contributed by atoms with Gasteiger partial charge in [0, 0.05) is 16.5 Å². The van der Waals surface area contributed by atoms with Crippen LogP contribution < -0.4 is 5.56 Å². The number of nitrogens with zero attached hydrogens (tertiary/aromatic N) is 4. The minimum absolute atomic E-state index is 0.0166. The number of esters is 1. The molecule has 190 valence electrons. The third-order valence-electron chi connectivity index (χ3n) is 7.75. The number of aryl methyl sites for hydroxylation is 1. The van der Waals surface area contributed by atoms with Crippen molar-refractivity contribution in [1.82, 2.24) is 19.2 Å². The van der Waals surface area contributed by atoms with Crippen LogP contribution in [0.1, 0.15) is 55.7 Å². The lowest BCUT2D eigenvalue weighted by atomic mass is 9.62. The zero-order chi connectivity index (χ0) is 25.6. The number of hydrogen-bond donors (Lipinski definition) is 0. The van der Waals surface area contributed by atoms with Crippen molar-refractivity contribution in [2.24, 2.45) is 0 Å². The first-order valence-electron chi connectivity index (χ1n) is 13.0. The monoisotopic (exact) mass is 514 g/mol. The summed E-state index contributed by atoms with van der Waals surface area (Å²) < 4.78 is 8.88. The lowest BCUT2D eigenvalue weighted by molar-refractivity contribution is -0.139. The van der Waals surface area contributed by atoms with E-state index < -0.39 is 0 Å². The van der Waals surface area contributed by atoms with Crippen LogP contribution in [-0.2, 0) is 21.4 Å². The molecule has 0 bridgehead atoms. The van der Waals surface area contributed by atoms with E-state index >= 15 is 0 Å². The molecule has 0 saturated heterocycles. The van der Waals surface area contributed by atoms with Gasteiger partial charge in [0.05, 0.1) is 23.7 Å². The number of thioether (sulfide) groups is 1. The maximum absolute atomic E-state index is 14.6. The predicted molar refractivity (Wildman–Crippen MR) is 145 cm³/mol. The van der Waals surface area contributed by atoms with E-state index in [1.807, 2.05) is 41.7 Å². The summed E-state index contributed by atoms with van der Waals surface area (Å²) in [7, 11) is 0. The van der Waals surface area contributed by atoms with Gasteiger partial charge in [-0.2, -0.15) is 0 Å². The van der Waals surface area contributed by atoms with Crippen LogP contribution in [-0.4, -0.2) is 37.5 Å². The largest absolute Gasteiger partial charge is 0.465 e. The molecule has 0 atom stereocenters. The Balaban J connectivity index is 1.68. The third kappa shape index (κ3) is 3.98. The molecule has 2 aliphatic carbocycles. The summed E-state index contributed by atoms with van der Waals surface area (Å²) in [4.78, 5) is 26.8. The first kappa shape index (κ1) is 24.0. The molecular weight excluding hydrogens is 484 g/mol. The number of rotatable bonds is 5. The van der Waals surface area contributed by atoms with E-state index in [1.165, 1.54) is 23.7 Å². The summed E-state index contributed by atoms with van der Waals surface area (Å²) in [5.41, 5.74) is 5.67. The molecule has 4 aromatic rings. The maximum Gasteiger partial charge on any atom is 0.316 e. The Morgan fingerprint density at radius 2 is 1.81 bits per heavy atom. The summed E-state index contributed by atoms with van der Waals surface area (Å²) in [6.07, 6.45) is 6.23. The van der Waals surface area contributed by atoms with Gasteiger partial charge in [0.1, 0.15) is 0 Å². The van der Waals surface area contributed by atoms with Gasteiger partial charge in [0.15, 0.2) is 5.16 Å². The first-order valence-corrected chi connectivity index (χ1v) is 14.0. The summed E-state index contributed by atoms with van der Waals surface area (Å²) in [6, 6.07) is 16.3. The van der Waals surface area contributed by atoms with Crippen molar-refractivity contribution in [3.63, 3.8) is 0 Å². The Bertz CT molecular complexity index is 1550. The molecular formula is C29H30N4O3S. The highest BCUT2D eigenvalue weighted by molar-refractivity contribution is 7.99. The summed E-state index contributed by atoms with van der Waals surface area (Å²) >= 11 is 1.30. The third-order valence-corrected chi connectivity index (χ3v) is 8.66. The molecule has 0 unspecified atom stereocenters. The standard InChI is InChI=1S/C29H30N4O3S/c1-3-36-23(34)18-37-28-31-30-27-32(21-13-11-19(2)12-14-21)26(35)24-25(33(27)28)22-10-6-5-9-20(22)17-29(24)15-7-4-8-16-29/h5-6,9-14H,3-4,7-8,15-18H2,1-2H3. The van der Waals surface area contributed by atoms with Crippen molar-refractivity contribution in [3.05, 3.63) is 75.6 Å². The normalized spacial score (nSPS) is 15.9. The minimum atomic E-state index is -0.297. The number of carbonyl (C=O) groups is 1. The molecule has 7 nitrogen and oxygen atoms in total.